The molecule has 0 aromatic carbocycles. The van der Waals surface area contributed by atoms with Crippen LogP contribution in [-0.4, -0.2) is 78.8 Å². The van der Waals surface area contributed by atoms with Gasteiger partial charge in [-0.05, 0) is 45.7 Å². The average molecular weight is 479 g/mol. The van der Waals surface area contributed by atoms with E-state index in [1.807, 2.05) is 0 Å². The van der Waals surface area contributed by atoms with Crippen molar-refractivity contribution in [2.75, 3.05) is 44.2 Å². The van der Waals surface area contributed by atoms with Crippen molar-refractivity contribution in [1.82, 2.24) is 14.2 Å². The Balaban J connectivity index is 1.56. The molecule has 0 radical (unpaired) electrons. The number of ether oxygens (including phenoxy) is 1. The summed E-state index contributed by atoms with van der Waals surface area (Å²) in [7, 11) is -3.58. The van der Waals surface area contributed by atoms with Crippen LogP contribution in [0.2, 0.25) is 0 Å². The number of piperazine rings is 1. The van der Waals surface area contributed by atoms with Gasteiger partial charge in [-0.15, -0.1) is 0 Å². The van der Waals surface area contributed by atoms with Crippen LogP contribution in [0.25, 0.3) is 0 Å². The zero-order chi connectivity index (χ0) is 23.7. The summed E-state index contributed by atoms with van der Waals surface area (Å²) in [5, 5.41) is -0.598. The van der Waals surface area contributed by atoms with Crippen LogP contribution in [0.3, 0.4) is 0 Å². The van der Waals surface area contributed by atoms with Gasteiger partial charge in [-0.3, -0.25) is 0 Å². The van der Waals surface area contributed by atoms with Crippen molar-refractivity contribution in [1.29, 1.82) is 0 Å². The maximum atomic E-state index is 13.1. The van der Waals surface area contributed by atoms with Gasteiger partial charge in [0.05, 0.1) is 10.8 Å². The van der Waals surface area contributed by atoms with E-state index < -0.39 is 38.7 Å². The fourth-order valence-electron chi connectivity index (χ4n) is 3.81. The highest BCUT2D eigenvalue weighted by Gasteiger charge is 2.38. The standard InChI is InChI=1S/C20H29F3N4O4S/c1-19(2,3)31-18(28)26-8-5-16(6-9-26)32(29,30)27-12-10-25(11-13-27)17-14-15(4-7-24-17)20(21,22)23/h4,7,14,16H,5-6,8-13H2,1-3H3. The third-order valence-electron chi connectivity index (χ3n) is 5.51. The molecule has 8 nitrogen and oxygen atoms in total. The molecule has 1 aromatic heterocycles. The Bertz CT molecular complexity index is 918. The highest BCUT2D eigenvalue weighted by molar-refractivity contribution is 7.89. The van der Waals surface area contributed by atoms with E-state index in [0.717, 1.165) is 18.3 Å². The molecular weight excluding hydrogens is 449 g/mol. The largest absolute Gasteiger partial charge is 0.444 e. The fraction of sp³-hybridized carbons (Fsp3) is 0.700. The maximum Gasteiger partial charge on any atom is 0.416 e. The monoisotopic (exact) mass is 478 g/mol. The third kappa shape index (κ3) is 5.83. The van der Waals surface area contributed by atoms with Gasteiger partial charge in [0, 0.05) is 45.5 Å². The summed E-state index contributed by atoms with van der Waals surface area (Å²) in [5.41, 5.74) is -1.40. The number of carbonyl (C=O) groups is 1. The lowest BCUT2D eigenvalue weighted by atomic mass is 10.1. The van der Waals surface area contributed by atoms with Crippen LogP contribution in [0, 0.1) is 0 Å². The van der Waals surface area contributed by atoms with Gasteiger partial charge in [-0.1, -0.05) is 0 Å². The highest BCUT2D eigenvalue weighted by atomic mass is 32.2. The van der Waals surface area contributed by atoms with Gasteiger partial charge in [0.15, 0.2) is 0 Å². The molecule has 1 amide bonds. The van der Waals surface area contributed by atoms with Crippen LogP contribution >= 0.6 is 0 Å². The summed E-state index contributed by atoms with van der Waals surface area (Å²) >= 11 is 0. The van der Waals surface area contributed by atoms with Crippen LogP contribution in [0.1, 0.15) is 39.2 Å². The molecule has 0 saturated carbocycles. The number of sulfonamides is 1. The van der Waals surface area contributed by atoms with Crippen molar-refractivity contribution in [3.05, 3.63) is 23.9 Å². The van der Waals surface area contributed by atoms with Crippen LogP contribution < -0.4 is 4.90 Å². The molecule has 2 saturated heterocycles. The molecule has 12 heteroatoms. The molecule has 0 aliphatic carbocycles. The number of nitrogens with zero attached hydrogens (tertiary/aromatic N) is 4. The number of hydrogen-bond acceptors (Lipinski definition) is 6. The molecule has 0 unspecified atom stereocenters. The number of carbonyl (C=O) groups excluding carboxylic acids is 1. The van der Waals surface area contributed by atoms with Crippen molar-refractivity contribution < 1.29 is 31.1 Å². The molecule has 3 rings (SSSR count). The number of aromatic nitrogens is 1. The van der Waals surface area contributed by atoms with Gasteiger partial charge in [0.1, 0.15) is 11.4 Å². The van der Waals surface area contributed by atoms with Crippen molar-refractivity contribution in [3.8, 4) is 0 Å². The second-order valence-electron chi connectivity index (χ2n) is 9.00. The molecule has 32 heavy (non-hydrogen) atoms. The Morgan fingerprint density at radius 1 is 1.06 bits per heavy atom. The number of pyridine rings is 1. The zero-order valence-corrected chi connectivity index (χ0v) is 19.2. The first kappa shape index (κ1) is 24.6. The van der Waals surface area contributed by atoms with Crippen molar-refractivity contribution in [2.24, 2.45) is 0 Å². The van der Waals surface area contributed by atoms with E-state index in [1.54, 1.807) is 25.7 Å². The number of hydrogen-bond donors (Lipinski definition) is 0. The van der Waals surface area contributed by atoms with E-state index in [2.05, 4.69) is 4.98 Å². The van der Waals surface area contributed by atoms with E-state index in [1.165, 1.54) is 9.21 Å². The predicted octanol–water partition coefficient (Wildman–Crippen LogP) is 2.95. The molecule has 2 aliphatic heterocycles. The molecule has 1 aromatic rings. The van der Waals surface area contributed by atoms with E-state index in [4.69, 9.17) is 4.74 Å². The van der Waals surface area contributed by atoms with E-state index >= 15 is 0 Å². The molecule has 0 spiro atoms. The third-order valence-corrected chi connectivity index (χ3v) is 7.91. The van der Waals surface area contributed by atoms with Crippen LogP contribution in [0.15, 0.2) is 18.3 Å². The van der Waals surface area contributed by atoms with Crippen molar-refractivity contribution in [2.45, 2.75) is 50.6 Å². The van der Waals surface area contributed by atoms with Gasteiger partial charge in [-0.2, -0.15) is 17.5 Å². The minimum Gasteiger partial charge on any atom is -0.444 e. The minimum atomic E-state index is -4.46. The Morgan fingerprint density at radius 3 is 2.19 bits per heavy atom. The van der Waals surface area contributed by atoms with Gasteiger partial charge < -0.3 is 14.5 Å². The number of alkyl halides is 3. The van der Waals surface area contributed by atoms with Crippen LogP contribution in [0.4, 0.5) is 23.8 Å². The number of anilines is 1. The van der Waals surface area contributed by atoms with E-state index in [9.17, 15) is 26.4 Å². The minimum absolute atomic E-state index is 0.173. The zero-order valence-electron chi connectivity index (χ0n) is 18.4. The SMILES string of the molecule is CC(C)(C)OC(=O)N1CCC(S(=O)(=O)N2CCN(c3cc(C(F)(F)F)ccn3)CC2)CC1. The summed E-state index contributed by atoms with van der Waals surface area (Å²) in [6.45, 7) is 6.78. The van der Waals surface area contributed by atoms with Crippen LogP contribution in [0.5, 0.6) is 0 Å². The second kappa shape index (κ2) is 9.05. The van der Waals surface area contributed by atoms with Gasteiger partial charge in [0.25, 0.3) is 0 Å². The molecule has 0 N–H and O–H groups in total. The maximum absolute atomic E-state index is 13.1. The summed E-state index contributed by atoms with van der Waals surface area (Å²) < 4.78 is 71.8. The highest BCUT2D eigenvalue weighted by Crippen LogP contribution is 2.31. The van der Waals surface area contributed by atoms with E-state index in [0.29, 0.717) is 25.9 Å². The molecule has 180 valence electrons. The van der Waals surface area contributed by atoms with Gasteiger partial charge in [-0.25, -0.2) is 18.2 Å². The average Bonchev–Trinajstić information content (AvgIpc) is 2.72. The second-order valence-corrected chi connectivity index (χ2v) is 11.2. The first-order chi connectivity index (χ1) is 14.8. The van der Waals surface area contributed by atoms with Gasteiger partial charge >= 0.3 is 12.3 Å². The Morgan fingerprint density at radius 2 is 1.66 bits per heavy atom. The summed E-state index contributed by atoms with van der Waals surface area (Å²) in [6.07, 6.45) is -3.17. The molecule has 3 heterocycles. The number of rotatable bonds is 3. The van der Waals surface area contributed by atoms with Crippen molar-refractivity contribution >= 4 is 21.9 Å². The smallest absolute Gasteiger partial charge is 0.416 e. The van der Waals surface area contributed by atoms with Gasteiger partial charge in [0.2, 0.25) is 10.0 Å². The summed E-state index contributed by atoms with van der Waals surface area (Å²) in [6, 6.07) is 1.89. The lowest BCUT2D eigenvalue weighted by molar-refractivity contribution is -0.137. The first-order valence-electron chi connectivity index (χ1n) is 10.5. The summed E-state index contributed by atoms with van der Waals surface area (Å²) in [5.74, 6) is 0.183. The number of piperidine rings is 1. The predicted molar refractivity (Wildman–Crippen MR) is 113 cm³/mol. The van der Waals surface area contributed by atoms with E-state index in [-0.39, 0.29) is 32.0 Å². The summed E-state index contributed by atoms with van der Waals surface area (Å²) in [4.78, 5) is 19.4. The topological polar surface area (TPSA) is 83.0 Å². The van der Waals surface area contributed by atoms with Crippen LogP contribution in [-0.2, 0) is 20.9 Å². The quantitative estimate of drug-likeness (QED) is 0.664. The number of likely N-dealkylation sites (tertiary alicyclic amines) is 1. The fourth-order valence-corrected chi connectivity index (χ4v) is 5.71. The Hall–Kier alpha value is -2.08. The molecular formula is C20H29F3N4O4S. The molecule has 0 atom stereocenters. The Labute approximate surface area is 186 Å². The first-order valence-corrected chi connectivity index (χ1v) is 12.0. The van der Waals surface area contributed by atoms with Crippen molar-refractivity contribution in [3.63, 3.8) is 0 Å². The Kier molecular flexibility index (Phi) is 6.94. The molecule has 2 aliphatic rings. The normalized spacial score (nSPS) is 19.8. The lowest BCUT2D eigenvalue weighted by Crippen LogP contribution is -2.53. The lowest BCUT2D eigenvalue weighted by Gasteiger charge is -2.39. The number of halogens is 3. The molecule has 0 bridgehead atoms. The number of amides is 1. The molecule has 2 fully saturated rings.